The van der Waals surface area contributed by atoms with Crippen molar-refractivity contribution in [3.05, 3.63) is 41.5 Å². The summed E-state index contributed by atoms with van der Waals surface area (Å²) >= 11 is 0. The SMILES string of the molecule is Cc1ccccc1/C=C/C(C)(C)C. The zero-order valence-electron chi connectivity index (χ0n) is 8.96. The van der Waals surface area contributed by atoms with Gasteiger partial charge in [0.15, 0.2) is 0 Å². The van der Waals surface area contributed by atoms with Gasteiger partial charge in [-0.05, 0) is 23.5 Å². The lowest BCUT2D eigenvalue weighted by Crippen LogP contribution is -1.98. The third kappa shape index (κ3) is 3.45. The molecule has 0 radical (unpaired) electrons. The van der Waals surface area contributed by atoms with Crippen LogP contribution in [0.5, 0.6) is 0 Å². The quantitative estimate of drug-likeness (QED) is 0.602. The Bertz CT molecular complexity index is 300. The summed E-state index contributed by atoms with van der Waals surface area (Å²) in [5.41, 5.74) is 2.92. The Morgan fingerprint density at radius 2 is 1.69 bits per heavy atom. The minimum absolute atomic E-state index is 0.266. The molecule has 1 rings (SSSR count). The van der Waals surface area contributed by atoms with Crippen molar-refractivity contribution in [3.8, 4) is 0 Å². The maximum atomic E-state index is 2.25. The maximum Gasteiger partial charge on any atom is -0.0200 e. The van der Waals surface area contributed by atoms with Crippen LogP contribution < -0.4 is 0 Å². The third-order valence-electron chi connectivity index (χ3n) is 1.95. The van der Waals surface area contributed by atoms with E-state index in [-0.39, 0.29) is 5.41 Å². The number of rotatable bonds is 1. The molecule has 1 aromatic rings. The van der Waals surface area contributed by atoms with Gasteiger partial charge >= 0.3 is 0 Å². The van der Waals surface area contributed by atoms with Gasteiger partial charge in [0.25, 0.3) is 0 Å². The van der Waals surface area contributed by atoms with Gasteiger partial charge in [0.1, 0.15) is 0 Å². The highest BCUT2D eigenvalue weighted by molar-refractivity contribution is 5.53. The smallest absolute Gasteiger partial charge is 0.0200 e. The van der Waals surface area contributed by atoms with E-state index >= 15 is 0 Å². The van der Waals surface area contributed by atoms with Crippen LogP contribution in [-0.4, -0.2) is 0 Å². The minimum Gasteiger partial charge on any atom is -0.0785 e. The van der Waals surface area contributed by atoms with Crippen LogP contribution >= 0.6 is 0 Å². The fourth-order valence-corrected chi connectivity index (χ4v) is 1.11. The maximum absolute atomic E-state index is 2.25. The highest BCUT2D eigenvalue weighted by Gasteiger charge is 2.03. The first-order valence-corrected chi connectivity index (χ1v) is 4.74. The van der Waals surface area contributed by atoms with Crippen LogP contribution in [0.15, 0.2) is 30.3 Å². The summed E-state index contributed by atoms with van der Waals surface area (Å²) in [5.74, 6) is 0. The molecule has 0 N–H and O–H groups in total. The molecular formula is C13H18. The summed E-state index contributed by atoms with van der Waals surface area (Å²) in [5, 5.41) is 0. The van der Waals surface area contributed by atoms with Crippen LogP contribution in [0.1, 0.15) is 31.9 Å². The number of aryl methyl sites for hydroxylation is 1. The molecule has 0 nitrogen and oxygen atoms in total. The molecule has 0 aromatic heterocycles. The van der Waals surface area contributed by atoms with Gasteiger partial charge in [-0.15, -0.1) is 0 Å². The number of benzene rings is 1. The number of hydrogen-bond acceptors (Lipinski definition) is 0. The average Bonchev–Trinajstić information content (AvgIpc) is 2.01. The van der Waals surface area contributed by atoms with Crippen LogP contribution in [0.4, 0.5) is 0 Å². The van der Waals surface area contributed by atoms with Crippen molar-refractivity contribution in [2.45, 2.75) is 27.7 Å². The molecule has 0 aliphatic heterocycles. The van der Waals surface area contributed by atoms with Gasteiger partial charge < -0.3 is 0 Å². The average molecular weight is 174 g/mol. The van der Waals surface area contributed by atoms with Crippen molar-refractivity contribution in [1.29, 1.82) is 0 Å². The van der Waals surface area contributed by atoms with E-state index in [9.17, 15) is 0 Å². The Morgan fingerprint density at radius 1 is 1.08 bits per heavy atom. The van der Waals surface area contributed by atoms with Crippen molar-refractivity contribution >= 4 is 6.08 Å². The van der Waals surface area contributed by atoms with Gasteiger partial charge in [0, 0.05) is 0 Å². The van der Waals surface area contributed by atoms with Crippen LogP contribution in [0.2, 0.25) is 0 Å². The summed E-state index contributed by atoms with van der Waals surface area (Å²) in [4.78, 5) is 0. The molecule has 0 fully saturated rings. The topological polar surface area (TPSA) is 0 Å². The van der Waals surface area contributed by atoms with Gasteiger partial charge in [-0.3, -0.25) is 0 Å². The Kier molecular flexibility index (Phi) is 2.92. The van der Waals surface area contributed by atoms with E-state index < -0.39 is 0 Å². The third-order valence-corrected chi connectivity index (χ3v) is 1.95. The van der Waals surface area contributed by atoms with Gasteiger partial charge in [-0.1, -0.05) is 57.2 Å². The molecule has 0 bridgehead atoms. The lowest BCUT2D eigenvalue weighted by Gasteiger charge is -2.11. The van der Waals surface area contributed by atoms with Gasteiger partial charge in [0.05, 0.1) is 0 Å². The molecule has 1 aromatic carbocycles. The highest BCUT2D eigenvalue weighted by Crippen LogP contribution is 2.18. The molecule has 0 aliphatic rings. The van der Waals surface area contributed by atoms with Crippen LogP contribution in [-0.2, 0) is 0 Å². The van der Waals surface area contributed by atoms with Gasteiger partial charge in [-0.2, -0.15) is 0 Å². The van der Waals surface area contributed by atoms with Crippen molar-refractivity contribution in [2.75, 3.05) is 0 Å². The fourth-order valence-electron chi connectivity index (χ4n) is 1.11. The van der Waals surface area contributed by atoms with Crippen molar-refractivity contribution in [3.63, 3.8) is 0 Å². The Balaban J connectivity index is 2.86. The van der Waals surface area contributed by atoms with Gasteiger partial charge in [0.2, 0.25) is 0 Å². The number of allylic oxidation sites excluding steroid dienone is 1. The highest BCUT2D eigenvalue weighted by atomic mass is 14.1. The normalized spacial score (nSPS) is 12.3. The lowest BCUT2D eigenvalue weighted by molar-refractivity contribution is 0.547. The summed E-state index contributed by atoms with van der Waals surface area (Å²) in [7, 11) is 0. The molecule has 0 saturated heterocycles. The predicted octanol–water partition coefficient (Wildman–Crippen LogP) is 4.05. The molecule has 0 aliphatic carbocycles. The van der Waals surface area contributed by atoms with Crippen LogP contribution in [0.25, 0.3) is 6.08 Å². The lowest BCUT2D eigenvalue weighted by atomic mass is 9.94. The predicted molar refractivity (Wildman–Crippen MR) is 59.7 cm³/mol. The van der Waals surface area contributed by atoms with Crippen molar-refractivity contribution < 1.29 is 0 Å². The summed E-state index contributed by atoms with van der Waals surface area (Å²) < 4.78 is 0. The zero-order chi connectivity index (χ0) is 9.90. The summed E-state index contributed by atoms with van der Waals surface area (Å²) in [6.07, 6.45) is 4.45. The van der Waals surface area contributed by atoms with E-state index in [0.717, 1.165) is 0 Å². The van der Waals surface area contributed by atoms with E-state index in [0.29, 0.717) is 0 Å². The largest absolute Gasteiger partial charge is 0.0785 e. The van der Waals surface area contributed by atoms with Crippen LogP contribution in [0, 0.1) is 12.3 Å². The Hall–Kier alpha value is -1.04. The van der Waals surface area contributed by atoms with Crippen molar-refractivity contribution in [2.24, 2.45) is 5.41 Å². The standard InChI is InChI=1S/C13H18/c1-11-7-5-6-8-12(11)9-10-13(2,3)4/h5-10H,1-4H3/b10-9+. The second kappa shape index (κ2) is 3.78. The molecule has 70 valence electrons. The Labute approximate surface area is 81.3 Å². The van der Waals surface area contributed by atoms with Gasteiger partial charge in [-0.25, -0.2) is 0 Å². The summed E-state index contributed by atoms with van der Waals surface area (Å²) in [6.45, 7) is 8.77. The fraction of sp³-hybridized carbons (Fsp3) is 0.385. The molecule has 0 heterocycles. The molecule has 0 spiro atoms. The molecular weight excluding hydrogens is 156 g/mol. The van der Waals surface area contributed by atoms with E-state index in [1.165, 1.54) is 11.1 Å². The molecule has 0 saturated carbocycles. The van der Waals surface area contributed by atoms with Crippen molar-refractivity contribution in [1.82, 2.24) is 0 Å². The van der Waals surface area contributed by atoms with E-state index in [1.807, 2.05) is 0 Å². The van der Waals surface area contributed by atoms with E-state index in [2.05, 4.69) is 64.1 Å². The first kappa shape index (κ1) is 10.0. The monoisotopic (exact) mass is 174 g/mol. The summed E-state index contributed by atoms with van der Waals surface area (Å²) in [6, 6.07) is 8.44. The first-order chi connectivity index (χ1) is 5.99. The first-order valence-electron chi connectivity index (χ1n) is 4.74. The molecule has 0 amide bonds. The second-order valence-electron chi connectivity index (χ2n) is 4.56. The molecule has 0 atom stereocenters. The number of hydrogen-bond donors (Lipinski definition) is 0. The minimum atomic E-state index is 0.266. The molecule has 13 heavy (non-hydrogen) atoms. The van der Waals surface area contributed by atoms with Crippen LogP contribution in [0.3, 0.4) is 0 Å². The molecule has 0 unspecified atom stereocenters. The van der Waals surface area contributed by atoms with E-state index in [4.69, 9.17) is 0 Å². The Morgan fingerprint density at radius 3 is 2.23 bits per heavy atom. The van der Waals surface area contributed by atoms with E-state index in [1.54, 1.807) is 0 Å². The molecule has 0 heteroatoms. The second-order valence-corrected chi connectivity index (χ2v) is 4.56. The zero-order valence-corrected chi connectivity index (χ0v) is 8.96.